The lowest BCUT2D eigenvalue weighted by Crippen LogP contribution is -2.07. The van der Waals surface area contributed by atoms with Crippen molar-refractivity contribution < 1.29 is 0 Å². The lowest BCUT2D eigenvalue weighted by molar-refractivity contribution is 0.736. The summed E-state index contributed by atoms with van der Waals surface area (Å²) in [5.41, 5.74) is 3.06. The van der Waals surface area contributed by atoms with Crippen LogP contribution in [0.15, 0.2) is 34.2 Å². The Hall–Kier alpha value is -2.15. The zero-order valence-electron chi connectivity index (χ0n) is 10.4. The molecule has 3 rings (SSSR count). The summed E-state index contributed by atoms with van der Waals surface area (Å²) in [5, 5.41) is 8.62. The van der Waals surface area contributed by atoms with E-state index in [1.54, 1.807) is 4.68 Å². The highest BCUT2D eigenvalue weighted by atomic mass is 32.2. The summed E-state index contributed by atoms with van der Waals surface area (Å²) in [6.07, 6.45) is 1.87. The molecule has 0 saturated heterocycles. The zero-order chi connectivity index (χ0) is 13.4. The first-order valence-corrected chi connectivity index (χ1v) is 6.85. The van der Waals surface area contributed by atoms with Gasteiger partial charge in [-0.1, -0.05) is 23.0 Å². The van der Waals surface area contributed by atoms with Crippen molar-refractivity contribution in [3.05, 3.63) is 34.6 Å². The van der Waals surface area contributed by atoms with Crippen molar-refractivity contribution in [3.8, 4) is 11.3 Å². The van der Waals surface area contributed by atoms with Gasteiger partial charge in [0.15, 0.2) is 5.16 Å². The first-order valence-electron chi connectivity index (χ1n) is 5.62. The highest BCUT2D eigenvalue weighted by Crippen LogP contribution is 2.21. The molecule has 0 spiro atoms. The number of fused-ring (bicyclic) bond motifs is 1. The van der Waals surface area contributed by atoms with Crippen LogP contribution in [-0.4, -0.2) is 31.2 Å². The molecule has 0 unspecified atom stereocenters. The minimum absolute atomic E-state index is 0.159. The third-order valence-corrected chi connectivity index (χ3v) is 3.40. The molecule has 19 heavy (non-hydrogen) atoms. The van der Waals surface area contributed by atoms with Crippen LogP contribution >= 0.6 is 11.8 Å². The number of thioether (sulfide) groups is 1. The van der Waals surface area contributed by atoms with Gasteiger partial charge in [-0.3, -0.25) is 4.79 Å². The summed E-state index contributed by atoms with van der Waals surface area (Å²) in [7, 11) is 1.84. The number of benzene rings is 1. The van der Waals surface area contributed by atoms with Gasteiger partial charge >= 0.3 is 0 Å². The predicted molar refractivity (Wildman–Crippen MR) is 74.1 cm³/mol. The van der Waals surface area contributed by atoms with Crippen molar-refractivity contribution >= 4 is 22.8 Å². The summed E-state index contributed by atoms with van der Waals surface area (Å²) in [4.78, 5) is 18.6. The lowest BCUT2D eigenvalue weighted by Gasteiger charge is -2.02. The van der Waals surface area contributed by atoms with Gasteiger partial charge in [-0.15, -0.1) is 5.10 Å². The van der Waals surface area contributed by atoms with E-state index < -0.39 is 0 Å². The smallest absolute Gasteiger partial charge is 0.252 e. The average Bonchev–Trinajstić information content (AvgIpc) is 2.79. The Morgan fingerprint density at radius 1 is 1.32 bits per heavy atom. The van der Waals surface area contributed by atoms with Crippen molar-refractivity contribution in [2.24, 2.45) is 7.05 Å². The maximum Gasteiger partial charge on any atom is 0.252 e. The van der Waals surface area contributed by atoms with Crippen molar-refractivity contribution in [1.82, 2.24) is 25.0 Å². The van der Waals surface area contributed by atoms with Crippen LogP contribution < -0.4 is 5.56 Å². The predicted octanol–water partition coefficient (Wildman–Crippen LogP) is 1.44. The molecule has 0 saturated carbocycles. The number of aromatic amines is 1. The van der Waals surface area contributed by atoms with E-state index in [2.05, 4.69) is 20.3 Å². The summed E-state index contributed by atoms with van der Waals surface area (Å²) >= 11 is 1.40. The van der Waals surface area contributed by atoms with Gasteiger partial charge in [0.25, 0.3) is 5.56 Å². The molecule has 96 valence electrons. The van der Waals surface area contributed by atoms with Crippen molar-refractivity contribution in [2.75, 3.05) is 6.26 Å². The van der Waals surface area contributed by atoms with Crippen LogP contribution in [0, 0.1) is 0 Å². The van der Waals surface area contributed by atoms with Gasteiger partial charge in [-0.25, -0.2) is 9.67 Å². The SMILES string of the molecule is CSc1nc(-c2ccc3c(c2)nnn3C)cc(=O)[nH]1. The quantitative estimate of drug-likeness (QED) is 0.565. The molecule has 2 heterocycles. The van der Waals surface area contributed by atoms with E-state index in [9.17, 15) is 4.79 Å². The summed E-state index contributed by atoms with van der Waals surface area (Å²) in [6, 6.07) is 7.20. The Morgan fingerprint density at radius 2 is 2.16 bits per heavy atom. The number of nitrogens with zero attached hydrogens (tertiary/aromatic N) is 4. The molecule has 7 heteroatoms. The minimum Gasteiger partial charge on any atom is -0.301 e. The van der Waals surface area contributed by atoms with Crippen LogP contribution in [0.4, 0.5) is 0 Å². The second kappa shape index (κ2) is 4.51. The summed E-state index contributed by atoms with van der Waals surface area (Å²) in [6.45, 7) is 0. The molecule has 1 N–H and O–H groups in total. The van der Waals surface area contributed by atoms with E-state index in [-0.39, 0.29) is 5.56 Å². The van der Waals surface area contributed by atoms with Gasteiger partial charge in [0.05, 0.1) is 11.2 Å². The Morgan fingerprint density at radius 3 is 2.95 bits per heavy atom. The largest absolute Gasteiger partial charge is 0.301 e. The average molecular weight is 273 g/mol. The third-order valence-electron chi connectivity index (χ3n) is 2.82. The molecule has 2 aromatic heterocycles. The van der Waals surface area contributed by atoms with Crippen LogP contribution in [0.1, 0.15) is 0 Å². The van der Waals surface area contributed by atoms with Gasteiger partial charge in [0, 0.05) is 18.7 Å². The van der Waals surface area contributed by atoms with Crippen LogP contribution in [0.3, 0.4) is 0 Å². The number of aryl methyl sites for hydroxylation is 1. The zero-order valence-corrected chi connectivity index (χ0v) is 11.2. The second-order valence-corrected chi connectivity index (χ2v) is 4.85. The van der Waals surface area contributed by atoms with Gasteiger partial charge in [-0.05, 0) is 18.4 Å². The Kier molecular flexibility index (Phi) is 2.83. The molecular formula is C12H11N5OS. The van der Waals surface area contributed by atoms with E-state index in [1.165, 1.54) is 17.8 Å². The third kappa shape index (κ3) is 2.12. The molecule has 0 amide bonds. The summed E-state index contributed by atoms with van der Waals surface area (Å²) < 4.78 is 1.71. The molecule has 0 aliphatic rings. The molecule has 0 aliphatic heterocycles. The topological polar surface area (TPSA) is 76.5 Å². The fraction of sp³-hybridized carbons (Fsp3) is 0.167. The molecule has 0 aliphatic carbocycles. The maximum atomic E-state index is 11.6. The highest BCUT2D eigenvalue weighted by molar-refractivity contribution is 7.98. The standard InChI is InChI=1S/C12H11N5OS/c1-17-10-4-3-7(5-9(10)15-16-17)8-6-11(18)14-12(13-8)19-2/h3-6H,1-2H3,(H,13,14,18). The Balaban J connectivity index is 2.18. The van der Waals surface area contributed by atoms with Gasteiger partial charge < -0.3 is 4.98 Å². The van der Waals surface area contributed by atoms with E-state index in [4.69, 9.17) is 0 Å². The van der Waals surface area contributed by atoms with Gasteiger partial charge in [0.2, 0.25) is 0 Å². The maximum absolute atomic E-state index is 11.6. The highest BCUT2D eigenvalue weighted by Gasteiger charge is 2.07. The van der Waals surface area contributed by atoms with Gasteiger partial charge in [0.1, 0.15) is 5.52 Å². The molecule has 1 aromatic carbocycles. The van der Waals surface area contributed by atoms with Crippen LogP contribution in [0.2, 0.25) is 0 Å². The van der Waals surface area contributed by atoms with Crippen molar-refractivity contribution in [3.63, 3.8) is 0 Å². The summed E-state index contributed by atoms with van der Waals surface area (Å²) in [5.74, 6) is 0. The number of hydrogen-bond acceptors (Lipinski definition) is 5. The first-order chi connectivity index (χ1) is 9.17. The van der Waals surface area contributed by atoms with E-state index in [1.807, 2.05) is 31.5 Å². The van der Waals surface area contributed by atoms with Gasteiger partial charge in [-0.2, -0.15) is 0 Å². The van der Waals surface area contributed by atoms with Crippen molar-refractivity contribution in [2.45, 2.75) is 5.16 Å². The molecule has 0 atom stereocenters. The number of nitrogens with one attached hydrogen (secondary N) is 1. The number of H-pyrrole nitrogens is 1. The lowest BCUT2D eigenvalue weighted by atomic mass is 10.1. The van der Waals surface area contributed by atoms with E-state index >= 15 is 0 Å². The number of aromatic nitrogens is 5. The van der Waals surface area contributed by atoms with E-state index in [0.29, 0.717) is 10.9 Å². The molecule has 0 radical (unpaired) electrons. The van der Waals surface area contributed by atoms with Crippen LogP contribution in [0.5, 0.6) is 0 Å². The number of hydrogen-bond donors (Lipinski definition) is 1. The molecule has 6 nitrogen and oxygen atoms in total. The fourth-order valence-corrected chi connectivity index (χ4v) is 2.27. The van der Waals surface area contributed by atoms with Crippen LogP contribution in [-0.2, 0) is 7.05 Å². The Bertz CT molecular complexity index is 807. The first kappa shape index (κ1) is 11.9. The number of rotatable bonds is 2. The minimum atomic E-state index is -0.159. The molecular weight excluding hydrogens is 262 g/mol. The normalized spacial score (nSPS) is 11.1. The Labute approximate surface area is 112 Å². The molecule has 0 bridgehead atoms. The molecule has 0 fully saturated rings. The van der Waals surface area contributed by atoms with Crippen LogP contribution in [0.25, 0.3) is 22.3 Å². The monoisotopic (exact) mass is 273 g/mol. The van der Waals surface area contributed by atoms with Crippen molar-refractivity contribution in [1.29, 1.82) is 0 Å². The van der Waals surface area contributed by atoms with E-state index in [0.717, 1.165) is 16.6 Å². The molecule has 3 aromatic rings. The second-order valence-electron chi connectivity index (χ2n) is 4.06. The fourth-order valence-electron chi connectivity index (χ4n) is 1.88.